The second-order valence-electron chi connectivity index (χ2n) is 4.37. The minimum Gasteiger partial charge on any atom is -0.381 e. The van der Waals surface area contributed by atoms with E-state index in [4.69, 9.17) is 10.5 Å². The van der Waals surface area contributed by atoms with Gasteiger partial charge in [-0.15, -0.1) is 0 Å². The monoisotopic (exact) mass is 184 g/mol. The van der Waals surface area contributed by atoms with Gasteiger partial charge in [0.1, 0.15) is 0 Å². The molecule has 3 nitrogen and oxygen atoms in total. The van der Waals surface area contributed by atoms with Crippen LogP contribution in [-0.2, 0) is 4.74 Å². The van der Waals surface area contributed by atoms with Gasteiger partial charge in [0.15, 0.2) is 0 Å². The Labute approximate surface area is 80.2 Å². The van der Waals surface area contributed by atoms with Crippen molar-refractivity contribution in [2.75, 3.05) is 32.8 Å². The lowest BCUT2D eigenvalue weighted by Gasteiger charge is -2.31. The first-order chi connectivity index (χ1) is 6.34. The zero-order valence-electron chi connectivity index (χ0n) is 8.24. The molecule has 2 rings (SSSR count). The van der Waals surface area contributed by atoms with Crippen molar-refractivity contribution in [2.45, 2.75) is 25.3 Å². The highest BCUT2D eigenvalue weighted by Crippen LogP contribution is 2.16. The number of ether oxygens (including phenoxy) is 1. The Morgan fingerprint density at radius 2 is 2.00 bits per heavy atom. The van der Waals surface area contributed by atoms with Crippen LogP contribution in [0.5, 0.6) is 0 Å². The largest absolute Gasteiger partial charge is 0.381 e. The highest BCUT2D eigenvalue weighted by molar-refractivity contribution is 4.77. The van der Waals surface area contributed by atoms with Crippen LogP contribution in [0.2, 0.25) is 0 Å². The van der Waals surface area contributed by atoms with Crippen molar-refractivity contribution in [1.29, 1.82) is 0 Å². The fraction of sp³-hybridized carbons (Fsp3) is 1.00. The van der Waals surface area contributed by atoms with Crippen LogP contribution in [-0.4, -0.2) is 43.8 Å². The highest BCUT2D eigenvalue weighted by atomic mass is 16.5. The summed E-state index contributed by atoms with van der Waals surface area (Å²) in [6.45, 7) is 5.56. The summed E-state index contributed by atoms with van der Waals surface area (Å²) < 4.78 is 5.37. The second kappa shape index (κ2) is 4.40. The molecule has 0 aliphatic carbocycles. The summed E-state index contributed by atoms with van der Waals surface area (Å²) >= 11 is 0. The maximum absolute atomic E-state index is 5.85. The highest BCUT2D eigenvalue weighted by Gasteiger charge is 2.22. The molecule has 2 aliphatic heterocycles. The number of piperidine rings is 1. The lowest BCUT2D eigenvalue weighted by atomic mass is 10.0. The second-order valence-corrected chi connectivity index (χ2v) is 4.37. The van der Waals surface area contributed by atoms with E-state index in [1.165, 1.54) is 38.9 Å². The molecule has 2 N–H and O–H groups in total. The van der Waals surface area contributed by atoms with Gasteiger partial charge in [-0.1, -0.05) is 0 Å². The number of hydrogen-bond acceptors (Lipinski definition) is 3. The van der Waals surface area contributed by atoms with Crippen LogP contribution in [0.3, 0.4) is 0 Å². The Kier molecular flexibility index (Phi) is 3.19. The maximum Gasteiger partial charge on any atom is 0.0507 e. The number of rotatable bonds is 2. The molecule has 0 bridgehead atoms. The van der Waals surface area contributed by atoms with Crippen LogP contribution in [0.15, 0.2) is 0 Å². The molecule has 0 radical (unpaired) electrons. The van der Waals surface area contributed by atoms with Crippen molar-refractivity contribution >= 4 is 0 Å². The van der Waals surface area contributed by atoms with E-state index < -0.39 is 0 Å². The molecule has 2 fully saturated rings. The molecule has 2 aliphatic rings. The third-order valence-corrected chi connectivity index (χ3v) is 3.17. The Morgan fingerprint density at radius 3 is 2.62 bits per heavy atom. The number of nitrogens with zero attached hydrogens (tertiary/aromatic N) is 1. The fourth-order valence-corrected chi connectivity index (χ4v) is 2.23. The molecule has 2 saturated heterocycles. The standard InChI is InChI=1S/C10H20N2O/c11-10-1-4-12(5-2-10)7-9-3-6-13-8-9/h9-10H,1-8,11H2/t9-/m0/s1. The smallest absolute Gasteiger partial charge is 0.0507 e. The molecule has 13 heavy (non-hydrogen) atoms. The van der Waals surface area contributed by atoms with E-state index in [1.807, 2.05) is 0 Å². The van der Waals surface area contributed by atoms with Crippen LogP contribution >= 0.6 is 0 Å². The van der Waals surface area contributed by atoms with Crippen molar-refractivity contribution < 1.29 is 4.74 Å². The quantitative estimate of drug-likeness (QED) is 0.677. The molecule has 76 valence electrons. The van der Waals surface area contributed by atoms with Gasteiger partial charge in [0.2, 0.25) is 0 Å². The summed E-state index contributed by atoms with van der Waals surface area (Å²) in [6.07, 6.45) is 3.60. The number of hydrogen-bond donors (Lipinski definition) is 1. The lowest BCUT2D eigenvalue weighted by molar-refractivity contribution is 0.152. The Morgan fingerprint density at radius 1 is 1.23 bits per heavy atom. The maximum atomic E-state index is 5.85. The van der Waals surface area contributed by atoms with Crippen LogP contribution in [0.4, 0.5) is 0 Å². The van der Waals surface area contributed by atoms with Crippen LogP contribution in [0.25, 0.3) is 0 Å². The summed E-state index contributed by atoms with van der Waals surface area (Å²) in [4.78, 5) is 2.54. The van der Waals surface area contributed by atoms with Gasteiger partial charge in [-0.3, -0.25) is 0 Å². The number of likely N-dealkylation sites (tertiary alicyclic amines) is 1. The zero-order chi connectivity index (χ0) is 9.10. The molecular weight excluding hydrogens is 164 g/mol. The summed E-state index contributed by atoms with van der Waals surface area (Å²) in [5.41, 5.74) is 5.85. The van der Waals surface area contributed by atoms with Crippen molar-refractivity contribution in [3.8, 4) is 0 Å². The van der Waals surface area contributed by atoms with Gasteiger partial charge in [0, 0.05) is 19.2 Å². The van der Waals surface area contributed by atoms with E-state index in [2.05, 4.69) is 4.90 Å². The third kappa shape index (κ3) is 2.66. The molecule has 0 spiro atoms. The number of nitrogens with two attached hydrogens (primary N) is 1. The summed E-state index contributed by atoms with van der Waals surface area (Å²) in [6, 6.07) is 0.455. The van der Waals surface area contributed by atoms with Gasteiger partial charge in [0.05, 0.1) is 6.61 Å². The van der Waals surface area contributed by atoms with E-state index in [9.17, 15) is 0 Å². The van der Waals surface area contributed by atoms with E-state index in [1.54, 1.807) is 0 Å². The summed E-state index contributed by atoms with van der Waals surface area (Å²) in [7, 11) is 0. The van der Waals surface area contributed by atoms with Crippen molar-refractivity contribution in [3.05, 3.63) is 0 Å². The first kappa shape index (κ1) is 9.44. The van der Waals surface area contributed by atoms with Gasteiger partial charge in [-0.05, 0) is 38.3 Å². The molecule has 0 saturated carbocycles. The third-order valence-electron chi connectivity index (χ3n) is 3.17. The summed E-state index contributed by atoms with van der Waals surface area (Å²) in [5, 5.41) is 0. The van der Waals surface area contributed by atoms with Crippen molar-refractivity contribution in [1.82, 2.24) is 4.90 Å². The van der Waals surface area contributed by atoms with Gasteiger partial charge < -0.3 is 15.4 Å². The molecule has 0 aromatic heterocycles. The minimum atomic E-state index is 0.455. The van der Waals surface area contributed by atoms with Crippen LogP contribution < -0.4 is 5.73 Å². The fourth-order valence-electron chi connectivity index (χ4n) is 2.23. The van der Waals surface area contributed by atoms with E-state index in [0.717, 1.165) is 19.1 Å². The van der Waals surface area contributed by atoms with Crippen molar-refractivity contribution in [2.24, 2.45) is 11.7 Å². The normalized spacial score (nSPS) is 32.5. The first-order valence-electron chi connectivity index (χ1n) is 5.40. The Bertz CT molecular complexity index is 149. The van der Waals surface area contributed by atoms with E-state index >= 15 is 0 Å². The molecule has 2 heterocycles. The average molecular weight is 184 g/mol. The molecule has 0 aromatic carbocycles. The zero-order valence-corrected chi connectivity index (χ0v) is 8.24. The van der Waals surface area contributed by atoms with E-state index in [0.29, 0.717) is 6.04 Å². The van der Waals surface area contributed by atoms with Gasteiger partial charge in [0.25, 0.3) is 0 Å². The Hall–Kier alpha value is -0.120. The van der Waals surface area contributed by atoms with Gasteiger partial charge in [-0.25, -0.2) is 0 Å². The van der Waals surface area contributed by atoms with Crippen molar-refractivity contribution in [3.63, 3.8) is 0 Å². The van der Waals surface area contributed by atoms with Gasteiger partial charge in [-0.2, -0.15) is 0 Å². The van der Waals surface area contributed by atoms with Crippen LogP contribution in [0.1, 0.15) is 19.3 Å². The molecule has 0 unspecified atom stereocenters. The molecule has 3 heteroatoms. The molecule has 0 aromatic rings. The lowest BCUT2D eigenvalue weighted by Crippen LogP contribution is -2.41. The Balaban J connectivity index is 1.69. The van der Waals surface area contributed by atoms with Crippen LogP contribution in [0, 0.1) is 5.92 Å². The van der Waals surface area contributed by atoms with E-state index in [-0.39, 0.29) is 0 Å². The van der Waals surface area contributed by atoms with Gasteiger partial charge >= 0.3 is 0 Å². The minimum absolute atomic E-state index is 0.455. The SMILES string of the molecule is NC1CCN(C[C@@H]2CCOC2)CC1. The predicted molar refractivity (Wildman–Crippen MR) is 52.6 cm³/mol. The summed E-state index contributed by atoms with van der Waals surface area (Å²) in [5.74, 6) is 0.786. The average Bonchev–Trinajstić information content (AvgIpc) is 2.62. The topological polar surface area (TPSA) is 38.5 Å². The molecule has 0 amide bonds. The molecule has 1 atom stereocenters. The molecular formula is C10H20N2O. The first-order valence-corrected chi connectivity index (χ1v) is 5.40. The predicted octanol–water partition coefficient (Wildman–Crippen LogP) is 0.446.